The molecular formula is C6H14N2O. The fourth-order valence-corrected chi connectivity index (χ4v) is 0.532. The quantitative estimate of drug-likeness (QED) is 0.402. The Labute approximate surface area is 55.6 Å². The van der Waals surface area contributed by atoms with Gasteiger partial charge in [0.2, 0.25) is 6.41 Å². The fourth-order valence-electron chi connectivity index (χ4n) is 0.532. The molecule has 3 heteroatoms. The molecule has 3 nitrogen and oxygen atoms in total. The van der Waals surface area contributed by atoms with Gasteiger partial charge in [0.1, 0.15) is 0 Å². The lowest BCUT2D eigenvalue weighted by atomic mass is 10.2. The van der Waals surface area contributed by atoms with Crippen molar-refractivity contribution < 1.29 is 4.79 Å². The zero-order valence-corrected chi connectivity index (χ0v) is 5.76. The van der Waals surface area contributed by atoms with Gasteiger partial charge in [0.05, 0.1) is 0 Å². The van der Waals surface area contributed by atoms with Gasteiger partial charge >= 0.3 is 0 Å². The van der Waals surface area contributed by atoms with Gasteiger partial charge in [0, 0.05) is 12.6 Å². The van der Waals surface area contributed by atoms with Crippen LogP contribution in [-0.2, 0) is 4.79 Å². The summed E-state index contributed by atoms with van der Waals surface area (Å²) in [5.41, 5.74) is 5.56. The van der Waals surface area contributed by atoms with Crippen LogP contribution in [0.3, 0.4) is 0 Å². The molecule has 0 aromatic rings. The summed E-state index contributed by atoms with van der Waals surface area (Å²) in [4.78, 5) is 9.72. The Balaban J connectivity index is 2.96. The third-order valence-corrected chi connectivity index (χ3v) is 1.27. The van der Waals surface area contributed by atoms with Crippen LogP contribution in [0.4, 0.5) is 0 Å². The molecule has 0 aliphatic rings. The Morgan fingerprint density at radius 3 is 2.89 bits per heavy atom. The van der Waals surface area contributed by atoms with E-state index in [0.29, 0.717) is 13.0 Å². The Morgan fingerprint density at radius 2 is 2.44 bits per heavy atom. The molecule has 0 saturated heterocycles. The lowest BCUT2D eigenvalue weighted by molar-refractivity contribution is -0.109. The van der Waals surface area contributed by atoms with Crippen molar-refractivity contribution in [3.63, 3.8) is 0 Å². The van der Waals surface area contributed by atoms with E-state index in [-0.39, 0.29) is 6.04 Å². The van der Waals surface area contributed by atoms with Gasteiger partial charge < -0.3 is 11.1 Å². The highest BCUT2D eigenvalue weighted by molar-refractivity contribution is 5.45. The van der Waals surface area contributed by atoms with Crippen LogP contribution in [0.1, 0.15) is 19.8 Å². The fraction of sp³-hybridized carbons (Fsp3) is 0.833. The molecule has 0 rings (SSSR count). The number of nitrogens with one attached hydrogen (secondary N) is 1. The van der Waals surface area contributed by atoms with Crippen molar-refractivity contribution in [2.24, 2.45) is 5.73 Å². The van der Waals surface area contributed by atoms with Crippen molar-refractivity contribution in [1.29, 1.82) is 0 Å². The molecule has 0 spiro atoms. The average molecular weight is 130 g/mol. The summed E-state index contributed by atoms with van der Waals surface area (Å²) in [6.07, 6.45) is 2.54. The number of rotatable bonds is 5. The van der Waals surface area contributed by atoms with Crippen LogP contribution in [0.15, 0.2) is 0 Å². The van der Waals surface area contributed by atoms with Crippen molar-refractivity contribution in [3.8, 4) is 0 Å². The van der Waals surface area contributed by atoms with Crippen molar-refractivity contribution in [2.75, 3.05) is 6.54 Å². The van der Waals surface area contributed by atoms with E-state index in [4.69, 9.17) is 5.73 Å². The number of amides is 1. The minimum atomic E-state index is 0.234. The first-order valence-corrected chi connectivity index (χ1v) is 3.23. The third-order valence-electron chi connectivity index (χ3n) is 1.27. The van der Waals surface area contributed by atoms with E-state index in [2.05, 4.69) is 5.32 Å². The van der Waals surface area contributed by atoms with E-state index in [9.17, 15) is 4.79 Å². The molecule has 1 unspecified atom stereocenters. The standard InChI is InChI=1S/C6H14N2O/c1-2-6(7)3-4-8-5-9/h5-6H,2-4,7H2,1H3,(H,8,9). The minimum Gasteiger partial charge on any atom is -0.359 e. The summed E-state index contributed by atoms with van der Waals surface area (Å²) in [6, 6.07) is 0.234. The summed E-state index contributed by atoms with van der Waals surface area (Å²) in [5, 5.41) is 2.55. The summed E-state index contributed by atoms with van der Waals surface area (Å²) < 4.78 is 0. The molecule has 54 valence electrons. The largest absolute Gasteiger partial charge is 0.359 e. The second kappa shape index (κ2) is 5.56. The van der Waals surface area contributed by atoms with Gasteiger partial charge in [-0.2, -0.15) is 0 Å². The van der Waals surface area contributed by atoms with E-state index in [1.807, 2.05) is 6.92 Å². The van der Waals surface area contributed by atoms with Gasteiger partial charge in [-0.3, -0.25) is 4.79 Å². The normalized spacial score (nSPS) is 12.7. The predicted molar refractivity (Wildman–Crippen MR) is 37.0 cm³/mol. The van der Waals surface area contributed by atoms with E-state index in [1.54, 1.807) is 0 Å². The maximum Gasteiger partial charge on any atom is 0.207 e. The number of hydrogen-bond acceptors (Lipinski definition) is 2. The van der Waals surface area contributed by atoms with Crippen molar-refractivity contribution in [2.45, 2.75) is 25.8 Å². The van der Waals surface area contributed by atoms with Gasteiger partial charge in [-0.05, 0) is 12.8 Å². The first kappa shape index (κ1) is 8.43. The van der Waals surface area contributed by atoms with Gasteiger partial charge in [-0.25, -0.2) is 0 Å². The van der Waals surface area contributed by atoms with Gasteiger partial charge in [0.15, 0.2) is 0 Å². The second-order valence-electron chi connectivity index (χ2n) is 2.03. The number of carbonyl (C=O) groups is 1. The summed E-state index contributed by atoms with van der Waals surface area (Å²) in [5.74, 6) is 0. The van der Waals surface area contributed by atoms with Gasteiger partial charge in [-0.1, -0.05) is 6.92 Å². The average Bonchev–Trinajstić information content (AvgIpc) is 1.89. The lowest BCUT2D eigenvalue weighted by Gasteiger charge is -2.05. The monoisotopic (exact) mass is 130 g/mol. The Bertz CT molecular complexity index is 75.5. The maximum atomic E-state index is 9.72. The second-order valence-corrected chi connectivity index (χ2v) is 2.03. The van der Waals surface area contributed by atoms with E-state index in [1.165, 1.54) is 0 Å². The highest BCUT2D eigenvalue weighted by atomic mass is 16.1. The van der Waals surface area contributed by atoms with Crippen LogP contribution >= 0.6 is 0 Å². The van der Waals surface area contributed by atoms with Crippen molar-refractivity contribution >= 4 is 6.41 Å². The number of carbonyl (C=O) groups excluding carboxylic acids is 1. The van der Waals surface area contributed by atoms with Crippen molar-refractivity contribution in [1.82, 2.24) is 5.32 Å². The molecule has 0 saturated carbocycles. The molecule has 0 aliphatic carbocycles. The molecule has 0 bridgehead atoms. The lowest BCUT2D eigenvalue weighted by Crippen LogP contribution is -2.25. The van der Waals surface area contributed by atoms with Crippen LogP contribution < -0.4 is 11.1 Å². The Kier molecular flexibility index (Phi) is 5.21. The zero-order valence-electron chi connectivity index (χ0n) is 5.76. The minimum absolute atomic E-state index is 0.234. The van der Waals surface area contributed by atoms with Gasteiger partial charge in [0.25, 0.3) is 0 Å². The Morgan fingerprint density at radius 1 is 1.78 bits per heavy atom. The van der Waals surface area contributed by atoms with E-state index >= 15 is 0 Å². The molecule has 0 fully saturated rings. The van der Waals surface area contributed by atoms with Crippen LogP contribution in [0, 0.1) is 0 Å². The van der Waals surface area contributed by atoms with E-state index in [0.717, 1.165) is 12.8 Å². The maximum absolute atomic E-state index is 9.72. The highest BCUT2D eigenvalue weighted by Crippen LogP contribution is 1.89. The van der Waals surface area contributed by atoms with Crippen LogP contribution in [0.25, 0.3) is 0 Å². The molecule has 0 heterocycles. The van der Waals surface area contributed by atoms with Gasteiger partial charge in [-0.15, -0.1) is 0 Å². The first-order chi connectivity index (χ1) is 4.31. The molecule has 1 amide bonds. The molecule has 3 N–H and O–H groups in total. The van der Waals surface area contributed by atoms with Crippen molar-refractivity contribution in [3.05, 3.63) is 0 Å². The molecule has 0 aromatic heterocycles. The summed E-state index contributed by atoms with van der Waals surface area (Å²) in [6.45, 7) is 2.73. The highest BCUT2D eigenvalue weighted by Gasteiger charge is 1.95. The topological polar surface area (TPSA) is 55.1 Å². The van der Waals surface area contributed by atoms with E-state index < -0.39 is 0 Å². The molecule has 9 heavy (non-hydrogen) atoms. The third kappa shape index (κ3) is 5.30. The summed E-state index contributed by atoms with van der Waals surface area (Å²) in [7, 11) is 0. The molecule has 0 aliphatic heterocycles. The molecular weight excluding hydrogens is 116 g/mol. The smallest absolute Gasteiger partial charge is 0.207 e. The Hall–Kier alpha value is -0.570. The number of hydrogen-bond donors (Lipinski definition) is 2. The molecule has 0 aromatic carbocycles. The molecule has 1 atom stereocenters. The number of nitrogens with two attached hydrogens (primary N) is 1. The SMILES string of the molecule is CCC(N)CCNC=O. The van der Waals surface area contributed by atoms with Crippen LogP contribution in [-0.4, -0.2) is 19.0 Å². The zero-order chi connectivity index (χ0) is 7.11. The molecule has 0 radical (unpaired) electrons. The predicted octanol–water partition coefficient (Wildman–Crippen LogP) is -0.140. The first-order valence-electron chi connectivity index (χ1n) is 3.23. The summed E-state index contributed by atoms with van der Waals surface area (Å²) >= 11 is 0. The van der Waals surface area contributed by atoms with Crippen LogP contribution in [0.5, 0.6) is 0 Å². The van der Waals surface area contributed by atoms with Crippen LogP contribution in [0.2, 0.25) is 0 Å².